The van der Waals surface area contributed by atoms with Crippen molar-refractivity contribution in [2.75, 3.05) is 9.80 Å². The Morgan fingerprint density at radius 3 is 0.692 bits per heavy atom. The Hall–Kier alpha value is -6.29. The molecule has 0 spiro atoms. The maximum Gasteiger partial charge on any atom is 2.00 e. The van der Waals surface area contributed by atoms with Crippen molar-refractivity contribution >= 4 is 190 Å². The monoisotopic (exact) mass is 912 g/mol. The van der Waals surface area contributed by atoms with E-state index in [0.29, 0.717) is 8.64 Å². The Balaban J connectivity index is 0.000000151. The summed E-state index contributed by atoms with van der Waals surface area (Å²) in [4.78, 5) is 4.08. The van der Waals surface area contributed by atoms with Gasteiger partial charge in [-0.25, -0.2) is 0 Å². The molecule has 0 bridgehead atoms. The maximum atomic E-state index is 5.64. The van der Waals surface area contributed by atoms with Gasteiger partial charge in [-0.05, 0) is 88.9 Å². The average molecular weight is 914 g/mol. The molecule has 0 amide bonds. The average Bonchev–Trinajstić information content (AvgIpc) is 3.34. The summed E-state index contributed by atoms with van der Waals surface area (Å²) >= 11 is 22.6. The van der Waals surface area contributed by atoms with Gasteiger partial charge in [-0.3, -0.25) is 0 Å². The van der Waals surface area contributed by atoms with Gasteiger partial charge in [0.05, 0.1) is 22.7 Å². The van der Waals surface area contributed by atoms with Gasteiger partial charge in [0.2, 0.25) is 0 Å². The molecule has 12 rings (SSSR count). The molecule has 0 atom stereocenters. The van der Waals surface area contributed by atoms with Crippen molar-refractivity contribution in [3.8, 4) is 0 Å². The molecule has 0 saturated carbocycles. The van der Waals surface area contributed by atoms with Gasteiger partial charge < -0.3 is 59.5 Å². The van der Waals surface area contributed by atoms with Crippen LogP contribution in [0.25, 0.3) is 86.2 Å². The van der Waals surface area contributed by atoms with Crippen molar-refractivity contribution in [2.45, 2.75) is 0 Å². The number of hydrogen-bond acceptors (Lipinski definition) is 4. The molecule has 304 valence electrons. The molecule has 12 aromatic carbocycles. The van der Waals surface area contributed by atoms with E-state index >= 15 is 0 Å². The molecule has 65 heavy (non-hydrogen) atoms. The number of nitrogens with zero attached hydrogens (tertiary/aromatic N) is 2. The Morgan fingerprint density at radius 2 is 0.462 bits per heavy atom. The maximum absolute atomic E-state index is 5.64. The fraction of sp³-hybridized carbons (Fsp3) is 0. The Kier molecular flexibility index (Phi) is 11.8. The molecular weight excluding hydrogens is 877 g/mol. The second-order valence-corrected chi connectivity index (χ2v) is 17.9. The van der Waals surface area contributed by atoms with Gasteiger partial charge in [0.15, 0.2) is 0 Å². The zero-order valence-electron chi connectivity index (χ0n) is 35.0. The van der Waals surface area contributed by atoms with E-state index in [1.807, 2.05) is 9.80 Å². The quantitative estimate of drug-likeness (QED) is 0.0746. The van der Waals surface area contributed by atoms with Crippen molar-refractivity contribution in [1.29, 1.82) is 0 Å². The van der Waals surface area contributed by atoms with Crippen molar-refractivity contribution in [3.05, 3.63) is 218 Å². The van der Waals surface area contributed by atoms with E-state index in [9.17, 15) is 0 Å². The van der Waals surface area contributed by atoms with E-state index in [2.05, 4.69) is 218 Å². The summed E-state index contributed by atoms with van der Waals surface area (Å²) in [6.07, 6.45) is 0. The van der Waals surface area contributed by atoms with Crippen molar-refractivity contribution in [1.82, 2.24) is 0 Å². The van der Waals surface area contributed by atoms with Gasteiger partial charge in [-0.2, -0.15) is 0 Å². The SMILES string of the molecule is S=C([S-])N(c1cccc2c1ccc1ccccc12)c1cccc2c1ccc1ccccc12.S=C([S-])N(c1cccc2c1ccc1ccccc12)c1cccc2c1ccc1ccccc12.[Mg+2]. The summed E-state index contributed by atoms with van der Waals surface area (Å²) in [5.41, 5.74) is 4.03. The minimum Gasteiger partial charge on any atom is -0.411 e. The first-order valence-electron chi connectivity index (χ1n) is 21.1. The van der Waals surface area contributed by atoms with Gasteiger partial charge in [0.25, 0.3) is 0 Å². The molecule has 0 aliphatic heterocycles. The van der Waals surface area contributed by atoms with Crippen molar-refractivity contribution < 1.29 is 0 Å². The zero-order valence-corrected chi connectivity index (χ0v) is 39.7. The van der Waals surface area contributed by atoms with Gasteiger partial charge in [-0.15, -0.1) is 0 Å². The van der Waals surface area contributed by atoms with Crippen LogP contribution in [-0.2, 0) is 25.3 Å². The van der Waals surface area contributed by atoms with Crippen LogP contribution >= 0.6 is 24.4 Å². The third-order valence-corrected chi connectivity index (χ3v) is 13.1. The first kappa shape index (κ1) is 42.6. The van der Waals surface area contributed by atoms with Crippen LogP contribution in [0.5, 0.6) is 0 Å². The summed E-state index contributed by atoms with van der Waals surface area (Å²) in [7, 11) is 0. The molecule has 0 aromatic heterocycles. The van der Waals surface area contributed by atoms with Gasteiger partial charge in [0.1, 0.15) is 0 Å². The molecule has 0 N–H and O–H groups in total. The smallest absolute Gasteiger partial charge is 0.411 e. The van der Waals surface area contributed by atoms with Crippen LogP contribution in [0.1, 0.15) is 0 Å². The number of rotatable bonds is 4. The number of fused-ring (bicyclic) bond motifs is 12. The molecule has 7 heteroatoms. The third kappa shape index (κ3) is 7.58. The zero-order chi connectivity index (χ0) is 43.3. The van der Waals surface area contributed by atoms with E-state index < -0.39 is 0 Å². The first-order valence-corrected chi connectivity index (χ1v) is 22.7. The molecule has 0 radical (unpaired) electrons. The van der Waals surface area contributed by atoms with Crippen LogP contribution in [-0.4, -0.2) is 31.7 Å². The van der Waals surface area contributed by atoms with E-state index in [-0.39, 0.29) is 23.1 Å². The van der Waals surface area contributed by atoms with Crippen molar-refractivity contribution in [3.63, 3.8) is 0 Å². The molecule has 2 nitrogen and oxygen atoms in total. The standard InChI is InChI=1S/2C29H19NS2.Mg/c2*31-29(32)30(27-13-5-11-23-21-9-3-1-7-19(21)15-17-25(23)27)28-14-6-12-24-22-10-4-2-8-20(22)16-18-26(24)28;/h2*1-18H,(H,31,32);/q;;+2/p-2. The summed E-state index contributed by atoms with van der Waals surface area (Å²) in [6, 6.07) is 76.7. The second kappa shape index (κ2) is 17.9. The fourth-order valence-corrected chi connectivity index (χ4v) is 10.3. The van der Waals surface area contributed by atoms with E-state index in [4.69, 9.17) is 49.7 Å². The molecule has 0 heterocycles. The fourth-order valence-electron chi connectivity index (χ4n) is 9.53. The third-order valence-electron chi connectivity index (χ3n) is 12.4. The molecule has 0 aliphatic rings. The summed E-state index contributed by atoms with van der Waals surface area (Å²) in [6.45, 7) is 0. The Bertz CT molecular complexity index is 3360. The Morgan fingerprint density at radius 1 is 0.246 bits per heavy atom. The number of anilines is 4. The van der Waals surface area contributed by atoms with Gasteiger partial charge >= 0.3 is 23.1 Å². The van der Waals surface area contributed by atoms with Crippen LogP contribution < -0.4 is 9.80 Å². The van der Waals surface area contributed by atoms with Crippen LogP contribution in [0.4, 0.5) is 22.7 Å². The topological polar surface area (TPSA) is 6.48 Å². The van der Waals surface area contributed by atoms with E-state index in [1.165, 1.54) is 64.6 Å². The second-order valence-electron chi connectivity index (χ2n) is 15.8. The summed E-state index contributed by atoms with van der Waals surface area (Å²) in [5, 5.41) is 19.1. The predicted molar refractivity (Wildman–Crippen MR) is 296 cm³/mol. The number of thiocarbonyl (C=S) groups is 2. The molecular formula is C58H36MgN2S4. The van der Waals surface area contributed by atoms with Crippen LogP contribution in [0.3, 0.4) is 0 Å². The molecule has 0 aliphatic carbocycles. The number of benzene rings is 12. The molecule has 0 unspecified atom stereocenters. The largest absolute Gasteiger partial charge is 2.00 e. The van der Waals surface area contributed by atoms with Crippen LogP contribution in [0.2, 0.25) is 0 Å². The normalized spacial score (nSPS) is 11.2. The van der Waals surface area contributed by atoms with Gasteiger partial charge in [-0.1, -0.05) is 203 Å². The van der Waals surface area contributed by atoms with Gasteiger partial charge in [0, 0.05) is 21.5 Å². The number of hydrogen-bond donors (Lipinski definition) is 0. The molecule has 0 fully saturated rings. The molecule has 0 saturated heterocycles. The van der Waals surface area contributed by atoms with Crippen molar-refractivity contribution in [2.24, 2.45) is 0 Å². The van der Waals surface area contributed by atoms with E-state index in [1.54, 1.807) is 0 Å². The van der Waals surface area contributed by atoms with E-state index in [0.717, 1.165) is 44.3 Å². The summed E-state index contributed by atoms with van der Waals surface area (Å²) in [5.74, 6) is 0. The Labute approximate surface area is 415 Å². The van der Waals surface area contributed by atoms with Crippen LogP contribution in [0, 0.1) is 0 Å². The molecule has 12 aromatic rings. The predicted octanol–water partition coefficient (Wildman–Crippen LogP) is 16.2. The minimum absolute atomic E-state index is 0. The van der Waals surface area contributed by atoms with Crippen LogP contribution in [0.15, 0.2) is 218 Å². The first-order chi connectivity index (χ1) is 31.4. The minimum atomic E-state index is 0. The summed E-state index contributed by atoms with van der Waals surface area (Å²) < 4.78 is 0.817.